The second-order valence-electron chi connectivity index (χ2n) is 7.67. The highest BCUT2D eigenvalue weighted by Gasteiger charge is 2.25. The molecule has 2 aromatic rings. The van der Waals surface area contributed by atoms with Gasteiger partial charge in [0.2, 0.25) is 5.91 Å². The number of hydrogen-bond donors (Lipinski definition) is 0. The molecule has 1 fully saturated rings. The number of benzene rings is 1. The van der Waals surface area contributed by atoms with Crippen LogP contribution >= 0.6 is 0 Å². The molecule has 0 aliphatic carbocycles. The normalized spacial score (nSPS) is 13.7. The van der Waals surface area contributed by atoms with Crippen molar-refractivity contribution >= 4 is 17.4 Å². The van der Waals surface area contributed by atoms with Crippen molar-refractivity contribution < 1.29 is 14.0 Å². The van der Waals surface area contributed by atoms with Gasteiger partial charge in [0.25, 0.3) is 5.56 Å². The molecular formula is C23H26FN5O3. The molecule has 32 heavy (non-hydrogen) atoms. The van der Waals surface area contributed by atoms with Gasteiger partial charge >= 0.3 is 0 Å². The maximum atomic E-state index is 14.4. The standard InChI is InChI=1S/C23H26FN5O3/c1-4-17-18(13-25)23(32)29(26-20(17)5-2)14-22(31)28-10-8-27(9-11-28)21-7-6-16(15(3)30)12-19(21)24/h6-7,12H,4-5,8-11,14H2,1-3H3. The van der Waals surface area contributed by atoms with Crippen LogP contribution in [0.3, 0.4) is 0 Å². The van der Waals surface area contributed by atoms with E-state index in [-0.39, 0.29) is 23.8 Å². The van der Waals surface area contributed by atoms with Gasteiger partial charge < -0.3 is 9.80 Å². The molecule has 0 N–H and O–H groups in total. The molecule has 168 valence electrons. The van der Waals surface area contributed by atoms with Crippen LogP contribution in [0, 0.1) is 17.1 Å². The highest BCUT2D eigenvalue weighted by atomic mass is 19.1. The van der Waals surface area contributed by atoms with Crippen LogP contribution in [0.1, 0.15) is 48.0 Å². The minimum absolute atomic E-state index is 0.0430. The van der Waals surface area contributed by atoms with Crippen LogP contribution in [0.4, 0.5) is 10.1 Å². The lowest BCUT2D eigenvalue weighted by Gasteiger charge is -2.36. The molecule has 1 aliphatic rings. The van der Waals surface area contributed by atoms with Crippen LogP contribution in [0.5, 0.6) is 0 Å². The lowest BCUT2D eigenvalue weighted by atomic mass is 10.0. The third kappa shape index (κ3) is 4.54. The number of carbonyl (C=O) groups excluding carboxylic acids is 2. The van der Waals surface area contributed by atoms with Gasteiger partial charge in [-0.25, -0.2) is 9.07 Å². The minimum atomic E-state index is -0.554. The molecule has 2 heterocycles. The highest BCUT2D eigenvalue weighted by molar-refractivity contribution is 5.94. The first-order valence-electron chi connectivity index (χ1n) is 10.7. The Kier molecular flexibility index (Phi) is 7.03. The fourth-order valence-corrected chi connectivity index (χ4v) is 3.95. The Hall–Kier alpha value is -3.54. The van der Waals surface area contributed by atoms with Gasteiger partial charge in [-0.1, -0.05) is 13.8 Å². The lowest BCUT2D eigenvalue weighted by molar-refractivity contribution is -0.132. The van der Waals surface area contributed by atoms with Gasteiger partial charge in [-0.15, -0.1) is 0 Å². The van der Waals surface area contributed by atoms with Gasteiger partial charge in [-0.2, -0.15) is 10.4 Å². The molecular weight excluding hydrogens is 413 g/mol. The molecule has 0 unspecified atom stereocenters. The number of piperazine rings is 1. The summed E-state index contributed by atoms with van der Waals surface area (Å²) < 4.78 is 15.5. The Morgan fingerprint density at radius 2 is 1.84 bits per heavy atom. The van der Waals surface area contributed by atoms with Gasteiger partial charge in [0.15, 0.2) is 5.78 Å². The third-order valence-electron chi connectivity index (χ3n) is 5.75. The first kappa shape index (κ1) is 23.1. The molecule has 0 bridgehead atoms. The summed E-state index contributed by atoms with van der Waals surface area (Å²) >= 11 is 0. The van der Waals surface area contributed by atoms with E-state index >= 15 is 0 Å². The van der Waals surface area contributed by atoms with E-state index in [2.05, 4.69) is 5.10 Å². The van der Waals surface area contributed by atoms with E-state index in [0.717, 1.165) is 4.68 Å². The number of hydrogen-bond acceptors (Lipinski definition) is 6. The summed E-state index contributed by atoms with van der Waals surface area (Å²) in [6.07, 6.45) is 1.08. The molecule has 0 atom stereocenters. The van der Waals surface area contributed by atoms with Crippen LogP contribution in [-0.2, 0) is 24.2 Å². The fourth-order valence-electron chi connectivity index (χ4n) is 3.95. The van der Waals surface area contributed by atoms with Crippen molar-refractivity contribution in [2.75, 3.05) is 31.1 Å². The molecule has 1 amide bonds. The zero-order valence-corrected chi connectivity index (χ0v) is 18.5. The van der Waals surface area contributed by atoms with E-state index in [1.54, 1.807) is 17.0 Å². The topological polar surface area (TPSA) is 99.3 Å². The van der Waals surface area contributed by atoms with E-state index < -0.39 is 11.4 Å². The highest BCUT2D eigenvalue weighted by Crippen LogP contribution is 2.22. The zero-order valence-electron chi connectivity index (χ0n) is 18.5. The van der Waals surface area contributed by atoms with Crippen LogP contribution in [0.15, 0.2) is 23.0 Å². The Morgan fingerprint density at radius 3 is 2.38 bits per heavy atom. The van der Waals surface area contributed by atoms with Crippen molar-refractivity contribution in [1.82, 2.24) is 14.7 Å². The Labute approximate surface area is 185 Å². The summed E-state index contributed by atoms with van der Waals surface area (Å²) in [4.78, 5) is 40.3. The van der Waals surface area contributed by atoms with Gasteiger partial charge in [0.1, 0.15) is 24.0 Å². The van der Waals surface area contributed by atoms with Gasteiger partial charge in [0.05, 0.1) is 11.4 Å². The molecule has 1 aromatic heterocycles. The summed E-state index contributed by atoms with van der Waals surface area (Å²) in [6.45, 7) is 6.46. The van der Waals surface area contributed by atoms with Crippen molar-refractivity contribution in [3.8, 4) is 6.07 Å². The molecule has 1 aromatic carbocycles. The summed E-state index contributed by atoms with van der Waals surface area (Å²) in [6, 6.07) is 6.36. The van der Waals surface area contributed by atoms with Crippen LogP contribution in [-0.4, -0.2) is 52.5 Å². The number of nitriles is 1. The lowest BCUT2D eigenvalue weighted by Crippen LogP contribution is -2.50. The van der Waals surface area contributed by atoms with Crippen molar-refractivity contribution in [3.63, 3.8) is 0 Å². The quantitative estimate of drug-likeness (QED) is 0.638. The van der Waals surface area contributed by atoms with E-state index in [1.807, 2.05) is 24.8 Å². The smallest absolute Gasteiger partial charge is 0.285 e. The van der Waals surface area contributed by atoms with Crippen LogP contribution in [0.2, 0.25) is 0 Å². The number of amides is 1. The predicted molar refractivity (Wildman–Crippen MR) is 117 cm³/mol. The first-order chi connectivity index (χ1) is 15.3. The van der Waals surface area contributed by atoms with Crippen molar-refractivity contribution in [1.29, 1.82) is 5.26 Å². The molecule has 0 saturated carbocycles. The van der Waals surface area contributed by atoms with E-state index in [0.29, 0.717) is 61.5 Å². The minimum Gasteiger partial charge on any atom is -0.366 e. The number of nitrogens with zero attached hydrogens (tertiary/aromatic N) is 5. The average Bonchev–Trinajstić information content (AvgIpc) is 2.79. The van der Waals surface area contributed by atoms with Crippen molar-refractivity contribution in [2.24, 2.45) is 0 Å². The van der Waals surface area contributed by atoms with Crippen molar-refractivity contribution in [3.05, 3.63) is 56.8 Å². The Morgan fingerprint density at radius 1 is 1.16 bits per heavy atom. The molecule has 3 rings (SSSR count). The molecule has 1 saturated heterocycles. The number of ketones is 1. The summed E-state index contributed by atoms with van der Waals surface area (Å²) in [5.74, 6) is -0.949. The number of halogens is 1. The molecule has 9 heteroatoms. The van der Waals surface area contributed by atoms with E-state index in [9.17, 15) is 24.0 Å². The largest absolute Gasteiger partial charge is 0.366 e. The van der Waals surface area contributed by atoms with Gasteiger partial charge in [0, 0.05) is 31.7 Å². The second-order valence-corrected chi connectivity index (χ2v) is 7.67. The summed E-state index contributed by atoms with van der Waals surface area (Å²) in [5, 5.41) is 13.7. The van der Waals surface area contributed by atoms with E-state index in [1.165, 1.54) is 13.0 Å². The number of aromatic nitrogens is 2. The summed E-state index contributed by atoms with van der Waals surface area (Å²) in [5.41, 5.74) is 1.47. The maximum absolute atomic E-state index is 14.4. The summed E-state index contributed by atoms with van der Waals surface area (Å²) in [7, 11) is 0. The fraction of sp³-hybridized carbons (Fsp3) is 0.435. The maximum Gasteiger partial charge on any atom is 0.285 e. The Bertz CT molecular complexity index is 1140. The number of Topliss-reactive ketones (excluding diaryl/α,β-unsaturated/α-hetero) is 1. The average molecular weight is 439 g/mol. The second kappa shape index (κ2) is 9.73. The molecule has 0 radical (unpaired) electrons. The number of rotatable bonds is 6. The molecule has 0 spiro atoms. The van der Waals surface area contributed by atoms with Crippen molar-refractivity contribution in [2.45, 2.75) is 40.2 Å². The number of carbonyl (C=O) groups is 2. The molecule has 8 nitrogen and oxygen atoms in total. The zero-order chi connectivity index (χ0) is 23.4. The third-order valence-corrected chi connectivity index (χ3v) is 5.75. The van der Waals surface area contributed by atoms with Crippen LogP contribution in [0.25, 0.3) is 0 Å². The van der Waals surface area contributed by atoms with Crippen LogP contribution < -0.4 is 10.5 Å². The SMILES string of the molecule is CCc1nn(CC(=O)N2CCN(c3ccc(C(C)=O)cc3F)CC2)c(=O)c(C#N)c1CC. The van der Waals surface area contributed by atoms with E-state index in [4.69, 9.17) is 0 Å². The Balaban J connectivity index is 1.71. The monoisotopic (exact) mass is 439 g/mol. The van der Waals surface area contributed by atoms with Gasteiger partial charge in [-0.05, 0) is 43.5 Å². The number of aryl methyl sites for hydroxylation is 1. The first-order valence-corrected chi connectivity index (χ1v) is 10.7. The molecule has 1 aliphatic heterocycles. The van der Waals surface area contributed by atoms with Gasteiger partial charge in [-0.3, -0.25) is 14.4 Å². The number of anilines is 1. The predicted octanol–water partition coefficient (Wildman–Crippen LogP) is 1.93.